The molecule has 7 nitrogen and oxygen atoms in total. The zero-order valence-corrected chi connectivity index (χ0v) is 19.2. The Morgan fingerprint density at radius 1 is 1.33 bits per heavy atom. The van der Waals surface area contributed by atoms with Gasteiger partial charge in [-0.25, -0.2) is 4.98 Å². The molecule has 1 aliphatic heterocycles. The van der Waals surface area contributed by atoms with Gasteiger partial charge in [-0.05, 0) is 36.7 Å². The summed E-state index contributed by atoms with van der Waals surface area (Å²) in [6.07, 6.45) is 1.97. The standard InChI is InChI=1S/C20H24ClN5O2S2/c1-22-20(29)25(2)24-18(28)16-12-30-19(23-16)13-7-9-26(10-8-13)17(27)11-14-5-3-4-6-15(14)21/h3-6,12-13H,7-11H2,1-2H3,(H,22,29)(H,24,28). The molecule has 1 saturated heterocycles. The van der Waals surface area contributed by atoms with Crippen molar-refractivity contribution < 1.29 is 9.59 Å². The molecule has 0 saturated carbocycles. The number of piperidine rings is 1. The number of rotatable bonds is 4. The van der Waals surface area contributed by atoms with Gasteiger partial charge >= 0.3 is 0 Å². The summed E-state index contributed by atoms with van der Waals surface area (Å²) < 4.78 is 0. The molecule has 1 aromatic heterocycles. The van der Waals surface area contributed by atoms with Crippen molar-refractivity contribution in [3.8, 4) is 0 Å². The van der Waals surface area contributed by atoms with Crippen LogP contribution in [0, 0.1) is 0 Å². The van der Waals surface area contributed by atoms with Crippen LogP contribution >= 0.6 is 35.2 Å². The number of nitrogens with one attached hydrogen (secondary N) is 2. The Balaban J connectivity index is 1.53. The van der Waals surface area contributed by atoms with Gasteiger partial charge in [0.2, 0.25) is 5.91 Å². The van der Waals surface area contributed by atoms with Crippen LogP contribution in [-0.4, -0.2) is 59.0 Å². The second-order valence-corrected chi connectivity index (χ2v) is 8.73. The molecule has 160 valence electrons. The number of nitrogens with zero attached hydrogens (tertiary/aromatic N) is 3. The molecule has 0 aliphatic carbocycles. The van der Waals surface area contributed by atoms with Gasteiger partial charge in [-0.2, -0.15) is 0 Å². The average Bonchev–Trinajstić information content (AvgIpc) is 3.25. The highest BCUT2D eigenvalue weighted by molar-refractivity contribution is 7.80. The number of halogens is 1. The predicted octanol–water partition coefficient (Wildman–Crippen LogP) is 2.83. The Morgan fingerprint density at radius 3 is 2.70 bits per heavy atom. The fourth-order valence-corrected chi connectivity index (χ4v) is 4.52. The molecule has 0 spiro atoms. The Morgan fingerprint density at radius 2 is 2.03 bits per heavy atom. The van der Waals surface area contributed by atoms with E-state index in [0.29, 0.717) is 35.3 Å². The Labute approximate surface area is 190 Å². The van der Waals surface area contributed by atoms with Gasteiger partial charge in [0, 0.05) is 43.5 Å². The van der Waals surface area contributed by atoms with E-state index in [1.165, 1.54) is 16.3 Å². The molecule has 1 aromatic carbocycles. The summed E-state index contributed by atoms with van der Waals surface area (Å²) in [5.41, 5.74) is 3.91. The molecule has 2 aromatic rings. The van der Waals surface area contributed by atoms with Crippen molar-refractivity contribution >= 4 is 52.1 Å². The molecule has 0 unspecified atom stereocenters. The van der Waals surface area contributed by atoms with E-state index >= 15 is 0 Å². The smallest absolute Gasteiger partial charge is 0.289 e. The van der Waals surface area contributed by atoms with Crippen molar-refractivity contribution in [1.29, 1.82) is 0 Å². The third-order valence-corrected chi connectivity index (χ3v) is 6.89. The largest absolute Gasteiger partial charge is 0.364 e. The molecule has 0 atom stereocenters. The SMILES string of the molecule is CNC(=S)N(C)NC(=O)c1csc(C2CCN(C(=O)Cc3ccccc3Cl)CC2)n1. The van der Waals surface area contributed by atoms with Crippen LogP contribution in [0.3, 0.4) is 0 Å². The van der Waals surface area contributed by atoms with E-state index in [1.807, 2.05) is 23.1 Å². The van der Waals surface area contributed by atoms with Gasteiger partial charge in [0.25, 0.3) is 5.91 Å². The predicted molar refractivity (Wildman–Crippen MR) is 123 cm³/mol. The van der Waals surface area contributed by atoms with Gasteiger partial charge in [-0.1, -0.05) is 29.8 Å². The van der Waals surface area contributed by atoms with Gasteiger partial charge < -0.3 is 10.2 Å². The van der Waals surface area contributed by atoms with Crippen LogP contribution in [0.1, 0.15) is 39.8 Å². The fourth-order valence-electron chi connectivity index (χ4n) is 3.30. The summed E-state index contributed by atoms with van der Waals surface area (Å²) in [6, 6.07) is 7.44. The molecule has 2 amide bonds. The van der Waals surface area contributed by atoms with E-state index in [9.17, 15) is 9.59 Å². The molecule has 0 bridgehead atoms. The molecule has 3 rings (SSSR count). The topological polar surface area (TPSA) is 77.6 Å². The quantitative estimate of drug-likeness (QED) is 0.534. The van der Waals surface area contributed by atoms with Crippen LogP contribution in [0.2, 0.25) is 5.02 Å². The fraction of sp³-hybridized carbons (Fsp3) is 0.400. The lowest BCUT2D eigenvalue weighted by atomic mass is 9.97. The van der Waals surface area contributed by atoms with Crippen LogP contribution in [-0.2, 0) is 11.2 Å². The number of hydrogen-bond donors (Lipinski definition) is 2. The van der Waals surface area contributed by atoms with Crippen LogP contribution in [0.4, 0.5) is 0 Å². The maximum atomic E-state index is 12.6. The van der Waals surface area contributed by atoms with Crippen molar-refractivity contribution in [2.75, 3.05) is 27.2 Å². The summed E-state index contributed by atoms with van der Waals surface area (Å²) in [4.78, 5) is 31.4. The van der Waals surface area contributed by atoms with Crippen LogP contribution < -0.4 is 10.7 Å². The number of likely N-dealkylation sites (tertiary alicyclic amines) is 1. The number of carbonyl (C=O) groups excluding carboxylic acids is 2. The van der Waals surface area contributed by atoms with E-state index in [-0.39, 0.29) is 17.7 Å². The van der Waals surface area contributed by atoms with Gasteiger partial charge in [-0.15, -0.1) is 11.3 Å². The highest BCUT2D eigenvalue weighted by atomic mass is 35.5. The average molecular weight is 466 g/mol. The van der Waals surface area contributed by atoms with Gasteiger partial charge in [0.1, 0.15) is 5.69 Å². The van der Waals surface area contributed by atoms with Crippen LogP contribution in [0.15, 0.2) is 29.6 Å². The number of carbonyl (C=O) groups is 2. The molecule has 30 heavy (non-hydrogen) atoms. The van der Waals surface area contributed by atoms with Crippen molar-refractivity contribution in [2.45, 2.75) is 25.2 Å². The van der Waals surface area contributed by atoms with Crippen LogP contribution in [0.5, 0.6) is 0 Å². The Hall–Kier alpha value is -2.23. The maximum absolute atomic E-state index is 12.6. The Kier molecular flexibility index (Phi) is 7.63. The summed E-state index contributed by atoms with van der Waals surface area (Å²) in [5.74, 6) is 0.0336. The second kappa shape index (κ2) is 10.2. The number of amides is 2. The number of aromatic nitrogens is 1. The minimum Gasteiger partial charge on any atom is -0.364 e. The number of hydrazine groups is 1. The molecule has 1 aliphatic rings. The molecular weight excluding hydrogens is 442 g/mol. The third kappa shape index (κ3) is 5.47. The Bertz CT molecular complexity index is 927. The minimum absolute atomic E-state index is 0.0873. The van der Waals surface area contributed by atoms with E-state index in [2.05, 4.69) is 15.7 Å². The lowest BCUT2D eigenvalue weighted by Crippen LogP contribution is -2.47. The maximum Gasteiger partial charge on any atom is 0.289 e. The number of thiazole rings is 1. The first-order valence-corrected chi connectivity index (χ1v) is 11.3. The van der Waals surface area contributed by atoms with Gasteiger partial charge in [0.15, 0.2) is 5.11 Å². The number of thiocarbonyl (C=S) groups is 1. The van der Waals surface area contributed by atoms with E-state index in [1.54, 1.807) is 25.5 Å². The monoisotopic (exact) mass is 465 g/mol. The van der Waals surface area contributed by atoms with Gasteiger partial charge in [0.05, 0.1) is 11.4 Å². The number of hydrogen-bond acceptors (Lipinski definition) is 5. The lowest BCUT2D eigenvalue weighted by molar-refractivity contribution is -0.131. The van der Waals surface area contributed by atoms with E-state index < -0.39 is 0 Å². The first-order chi connectivity index (χ1) is 14.4. The normalized spacial score (nSPS) is 14.3. The number of benzene rings is 1. The summed E-state index contributed by atoms with van der Waals surface area (Å²) >= 11 is 12.7. The lowest BCUT2D eigenvalue weighted by Gasteiger charge is -2.31. The zero-order chi connectivity index (χ0) is 21.7. The van der Waals surface area contributed by atoms with Gasteiger partial charge in [-0.3, -0.25) is 20.0 Å². The first kappa shape index (κ1) is 22.5. The van der Waals surface area contributed by atoms with E-state index in [0.717, 1.165) is 23.4 Å². The summed E-state index contributed by atoms with van der Waals surface area (Å²) in [7, 11) is 3.36. The third-order valence-electron chi connectivity index (χ3n) is 5.04. The minimum atomic E-state index is -0.301. The molecule has 10 heteroatoms. The molecular formula is C20H24ClN5O2S2. The molecule has 2 N–H and O–H groups in total. The van der Waals surface area contributed by atoms with Crippen LogP contribution in [0.25, 0.3) is 0 Å². The molecule has 0 radical (unpaired) electrons. The van der Waals surface area contributed by atoms with Crippen molar-refractivity contribution in [1.82, 2.24) is 25.6 Å². The second-order valence-electron chi connectivity index (χ2n) is 7.05. The molecule has 2 heterocycles. The van der Waals surface area contributed by atoms with Crippen molar-refractivity contribution in [3.63, 3.8) is 0 Å². The summed E-state index contributed by atoms with van der Waals surface area (Å²) in [5, 5.41) is 7.96. The highest BCUT2D eigenvalue weighted by Crippen LogP contribution is 2.30. The summed E-state index contributed by atoms with van der Waals surface area (Å²) in [6.45, 7) is 1.35. The van der Waals surface area contributed by atoms with E-state index in [4.69, 9.17) is 23.8 Å². The van der Waals surface area contributed by atoms with Crippen molar-refractivity contribution in [3.05, 3.63) is 50.9 Å². The van der Waals surface area contributed by atoms with Crippen molar-refractivity contribution in [2.24, 2.45) is 0 Å². The highest BCUT2D eigenvalue weighted by Gasteiger charge is 2.26. The molecule has 1 fully saturated rings. The first-order valence-electron chi connectivity index (χ1n) is 9.62. The zero-order valence-electron chi connectivity index (χ0n) is 16.9.